The third-order valence-electron chi connectivity index (χ3n) is 5.43. The van der Waals surface area contributed by atoms with E-state index in [1.54, 1.807) is 19.2 Å². The summed E-state index contributed by atoms with van der Waals surface area (Å²) in [6, 6.07) is 14.5. The summed E-state index contributed by atoms with van der Waals surface area (Å²) >= 11 is 3.54. The van der Waals surface area contributed by atoms with Crippen molar-refractivity contribution in [1.29, 1.82) is 0 Å². The quantitative estimate of drug-likeness (QED) is 0.414. The van der Waals surface area contributed by atoms with Crippen LogP contribution in [-0.2, 0) is 14.6 Å². The van der Waals surface area contributed by atoms with Crippen LogP contribution in [-0.4, -0.2) is 27.0 Å². The predicted octanol–water partition coefficient (Wildman–Crippen LogP) is 6.15. The van der Waals surface area contributed by atoms with Crippen molar-refractivity contribution in [3.63, 3.8) is 0 Å². The summed E-state index contributed by atoms with van der Waals surface area (Å²) < 4.78 is 39.2. The van der Waals surface area contributed by atoms with E-state index in [0.29, 0.717) is 21.6 Å². The molecule has 162 valence electrons. The molecule has 1 aliphatic heterocycles. The Hall–Kier alpha value is -1.63. The van der Waals surface area contributed by atoms with E-state index in [4.69, 9.17) is 9.47 Å². The Balaban J connectivity index is 2.16. The van der Waals surface area contributed by atoms with Gasteiger partial charge in [0.25, 0.3) is 0 Å². The Bertz CT molecular complexity index is 979. The van der Waals surface area contributed by atoms with Gasteiger partial charge in [-0.25, -0.2) is 8.42 Å². The molecular formula is C24H29BrO4S. The monoisotopic (exact) mass is 492 g/mol. The lowest BCUT2D eigenvalue weighted by molar-refractivity contribution is 0.0126. The summed E-state index contributed by atoms with van der Waals surface area (Å²) in [7, 11) is -2.08. The third-order valence-corrected chi connectivity index (χ3v) is 8.13. The van der Waals surface area contributed by atoms with Gasteiger partial charge in [-0.3, -0.25) is 0 Å². The van der Waals surface area contributed by atoms with E-state index >= 15 is 0 Å². The molecule has 0 aliphatic carbocycles. The van der Waals surface area contributed by atoms with Crippen LogP contribution in [0, 0.1) is 6.92 Å². The van der Waals surface area contributed by atoms with E-state index in [1.807, 2.05) is 43.3 Å². The summed E-state index contributed by atoms with van der Waals surface area (Å²) in [6.07, 6.45) is 2.64. The second-order valence-electron chi connectivity index (χ2n) is 7.66. The molecule has 0 saturated carbocycles. The summed E-state index contributed by atoms with van der Waals surface area (Å²) in [5.41, 5.74) is 2.83. The molecule has 3 rings (SSSR count). The second kappa shape index (κ2) is 10.1. The first kappa shape index (κ1) is 23.0. The van der Waals surface area contributed by atoms with Gasteiger partial charge >= 0.3 is 0 Å². The van der Waals surface area contributed by atoms with Gasteiger partial charge in [0.15, 0.2) is 0 Å². The van der Waals surface area contributed by atoms with Crippen molar-refractivity contribution in [1.82, 2.24) is 0 Å². The lowest BCUT2D eigenvalue weighted by Crippen LogP contribution is -2.30. The molecule has 0 fully saturated rings. The molecule has 2 aromatic rings. The maximum Gasteiger partial charge on any atom is 0.205 e. The van der Waals surface area contributed by atoms with Crippen LogP contribution in [0.15, 0.2) is 63.9 Å². The fraction of sp³-hybridized carbons (Fsp3) is 0.417. The van der Waals surface area contributed by atoms with Crippen LogP contribution >= 0.6 is 15.9 Å². The molecular weight excluding hydrogens is 464 g/mol. The van der Waals surface area contributed by atoms with Crippen LogP contribution in [0.5, 0.6) is 5.75 Å². The highest BCUT2D eigenvalue weighted by molar-refractivity contribution is 9.09. The van der Waals surface area contributed by atoms with E-state index in [-0.39, 0.29) is 6.10 Å². The van der Waals surface area contributed by atoms with Gasteiger partial charge in [-0.1, -0.05) is 59.1 Å². The Morgan fingerprint density at radius 1 is 1.10 bits per heavy atom. The molecule has 0 radical (unpaired) electrons. The molecule has 1 aliphatic rings. The van der Waals surface area contributed by atoms with E-state index in [0.717, 1.165) is 41.7 Å². The Morgan fingerprint density at radius 3 is 2.33 bits per heavy atom. The summed E-state index contributed by atoms with van der Waals surface area (Å²) in [5, 5.41) is 0.660. The fourth-order valence-corrected chi connectivity index (χ4v) is 5.92. The second-order valence-corrected chi connectivity index (χ2v) is 10.2. The molecule has 0 saturated heterocycles. The van der Waals surface area contributed by atoms with Gasteiger partial charge in [0, 0.05) is 5.33 Å². The molecule has 0 amide bonds. The zero-order chi connectivity index (χ0) is 21.7. The van der Waals surface area contributed by atoms with Crippen LogP contribution < -0.4 is 4.74 Å². The molecule has 30 heavy (non-hydrogen) atoms. The molecule has 0 N–H and O–H groups in total. The Morgan fingerprint density at radius 2 is 1.77 bits per heavy atom. The van der Waals surface area contributed by atoms with E-state index in [2.05, 4.69) is 22.9 Å². The van der Waals surface area contributed by atoms with Gasteiger partial charge in [0.2, 0.25) is 9.84 Å². The van der Waals surface area contributed by atoms with Crippen molar-refractivity contribution in [3.05, 3.63) is 70.1 Å². The first-order valence-corrected chi connectivity index (χ1v) is 12.9. The summed E-state index contributed by atoms with van der Waals surface area (Å²) in [6.45, 7) is 4.07. The van der Waals surface area contributed by atoms with Crippen molar-refractivity contribution in [2.24, 2.45) is 0 Å². The topological polar surface area (TPSA) is 52.6 Å². The average Bonchev–Trinajstić information content (AvgIpc) is 2.77. The molecule has 2 aromatic carbocycles. The minimum Gasteiger partial charge on any atom is -0.497 e. The van der Waals surface area contributed by atoms with Crippen LogP contribution in [0.1, 0.15) is 49.8 Å². The van der Waals surface area contributed by atoms with Gasteiger partial charge < -0.3 is 9.47 Å². The lowest BCUT2D eigenvalue weighted by atomic mass is 9.95. The van der Waals surface area contributed by atoms with Gasteiger partial charge in [0.1, 0.15) is 11.9 Å². The Kier molecular flexibility index (Phi) is 7.77. The lowest BCUT2D eigenvalue weighted by Gasteiger charge is -2.34. The van der Waals surface area contributed by atoms with Gasteiger partial charge in [0.05, 0.1) is 23.0 Å². The van der Waals surface area contributed by atoms with Crippen LogP contribution in [0.3, 0.4) is 0 Å². The number of unbranched alkanes of at least 4 members (excludes halogenated alkanes) is 1. The first-order chi connectivity index (χ1) is 14.4. The fourth-order valence-electron chi connectivity index (χ4n) is 3.75. The standard InChI is InChI=1S/C24H29BrO4S/c1-4-5-6-19-15-21(16-25)29-23(18-9-11-20(28-3)12-10-18)24(19)30(26,27)22-13-7-17(2)8-14-22/h7-14,21,23H,4-6,15-16H2,1-3H3/t21-,23+/m0/s1. The summed E-state index contributed by atoms with van der Waals surface area (Å²) in [5.74, 6) is 0.727. The number of rotatable bonds is 8. The van der Waals surface area contributed by atoms with Gasteiger partial charge in [-0.05, 0) is 61.6 Å². The number of methoxy groups -OCH3 is 1. The van der Waals surface area contributed by atoms with E-state index < -0.39 is 15.9 Å². The highest BCUT2D eigenvalue weighted by atomic mass is 79.9. The van der Waals surface area contributed by atoms with Crippen LogP contribution in [0.25, 0.3) is 0 Å². The summed E-state index contributed by atoms with van der Waals surface area (Å²) in [4.78, 5) is 0.721. The highest BCUT2D eigenvalue weighted by Gasteiger charge is 2.38. The van der Waals surface area contributed by atoms with E-state index in [1.165, 1.54) is 0 Å². The number of halogens is 1. The molecule has 6 heteroatoms. The third kappa shape index (κ3) is 4.98. The predicted molar refractivity (Wildman–Crippen MR) is 124 cm³/mol. The van der Waals surface area contributed by atoms with Gasteiger partial charge in [-0.2, -0.15) is 0 Å². The van der Waals surface area contributed by atoms with E-state index in [9.17, 15) is 8.42 Å². The Labute approximate surface area is 188 Å². The maximum atomic E-state index is 13.8. The van der Waals surface area contributed by atoms with Gasteiger partial charge in [-0.15, -0.1) is 0 Å². The SMILES string of the molecule is CCCCC1=C(S(=O)(=O)c2ccc(C)cc2)[C@@H](c2ccc(OC)cc2)O[C@H](CBr)C1. The van der Waals surface area contributed by atoms with Crippen molar-refractivity contribution in [2.45, 2.75) is 56.6 Å². The molecule has 0 aromatic heterocycles. The molecule has 4 nitrogen and oxygen atoms in total. The zero-order valence-corrected chi connectivity index (χ0v) is 20.1. The largest absolute Gasteiger partial charge is 0.497 e. The molecule has 1 heterocycles. The van der Waals surface area contributed by atoms with Crippen molar-refractivity contribution >= 4 is 25.8 Å². The number of hydrogen-bond acceptors (Lipinski definition) is 4. The minimum atomic E-state index is -3.69. The van der Waals surface area contributed by atoms with Crippen LogP contribution in [0.2, 0.25) is 0 Å². The number of hydrogen-bond donors (Lipinski definition) is 0. The maximum absolute atomic E-state index is 13.8. The first-order valence-electron chi connectivity index (χ1n) is 10.3. The van der Waals surface area contributed by atoms with Crippen LogP contribution in [0.4, 0.5) is 0 Å². The minimum absolute atomic E-state index is 0.0686. The molecule has 0 bridgehead atoms. The molecule has 0 unspecified atom stereocenters. The smallest absolute Gasteiger partial charge is 0.205 e. The number of benzene rings is 2. The average molecular weight is 493 g/mol. The molecule has 2 atom stereocenters. The highest BCUT2D eigenvalue weighted by Crippen LogP contribution is 2.43. The van der Waals surface area contributed by atoms with Crippen molar-refractivity contribution < 1.29 is 17.9 Å². The number of sulfone groups is 1. The number of alkyl halides is 1. The van der Waals surface area contributed by atoms with Crippen molar-refractivity contribution in [2.75, 3.05) is 12.4 Å². The zero-order valence-electron chi connectivity index (χ0n) is 17.7. The number of ether oxygens (including phenoxy) is 2. The van der Waals surface area contributed by atoms with Crippen molar-refractivity contribution in [3.8, 4) is 5.75 Å². The number of aryl methyl sites for hydroxylation is 1. The normalized spacial score (nSPS) is 19.7. The molecule has 0 spiro atoms.